The first kappa shape index (κ1) is 13.0. The maximum absolute atomic E-state index is 12.0. The summed E-state index contributed by atoms with van der Waals surface area (Å²) in [5.74, 6) is 0.507. The lowest BCUT2D eigenvalue weighted by Gasteiger charge is -2.02. The molecule has 4 rings (SSSR count). The van der Waals surface area contributed by atoms with Crippen LogP contribution < -0.4 is 5.56 Å². The maximum atomic E-state index is 12.0. The van der Waals surface area contributed by atoms with Crippen LogP contribution in [0.25, 0.3) is 16.9 Å². The summed E-state index contributed by atoms with van der Waals surface area (Å²) >= 11 is 1.39. The highest BCUT2D eigenvalue weighted by Crippen LogP contribution is 2.24. The quantitative estimate of drug-likeness (QED) is 0.541. The standard InChI is InChI=1S/C15H10N4O2S/c20-13-8-10(17-12-5-1-2-7-19(12)13)9-22-15-18-14-11(21-15)4-3-6-16-14/h1-8H,9H2. The molecule has 0 aliphatic rings. The van der Waals surface area contributed by atoms with Gasteiger partial charge in [0.05, 0.1) is 5.69 Å². The Hall–Kier alpha value is -2.67. The lowest BCUT2D eigenvalue weighted by Crippen LogP contribution is -2.14. The van der Waals surface area contributed by atoms with Gasteiger partial charge in [0.25, 0.3) is 10.8 Å². The first-order valence-corrected chi connectivity index (χ1v) is 7.60. The summed E-state index contributed by atoms with van der Waals surface area (Å²) in [7, 11) is 0. The highest BCUT2D eigenvalue weighted by atomic mass is 32.2. The molecular formula is C15H10N4O2S. The van der Waals surface area contributed by atoms with Crippen molar-refractivity contribution in [1.29, 1.82) is 0 Å². The predicted molar refractivity (Wildman–Crippen MR) is 82.8 cm³/mol. The molecule has 4 heterocycles. The van der Waals surface area contributed by atoms with Crippen molar-refractivity contribution in [2.24, 2.45) is 0 Å². The molecular weight excluding hydrogens is 300 g/mol. The van der Waals surface area contributed by atoms with Crippen LogP contribution in [0.2, 0.25) is 0 Å². The van der Waals surface area contributed by atoms with Gasteiger partial charge in [0.2, 0.25) is 0 Å². The molecule has 0 aliphatic heterocycles. The molecule has 4 aromatic rings. The summed E-state index contributed by atoms with van der Waals surface area (Å²) in [5, 5.41) is 0.517. The molecule has 7 heteroatoms. The van der Waals surface area contributed by atoms with E-state index in [0.717, 1.165) is 0 Å². The molecule has 0 saturated heterocycles. The van der Waals surface area contributed by atoms with E-state index >= 15 is 0 Å². The number of thioether (sulfide) groups is 1. The monoisotopic (exact) mass is 310 g/mol. The molecule has 0 N–H and O–H groups in total. The van der Waals surface area contributed by atoms with Crippen molar-refractivity contribution in [2.75, 3.05) is 0 Å². The number of fused-ring (bicyclic) bond motifs is 2. The van der Waals surface area contributed by atoms with Crippen molar-refractivity contribution in [2.45, 2.75) is 11.0 Å². The molecule has 4 aromatic heterocycles. The van der Waals surface area contributed by atoms with Crippen LogP contribution in [-0.4, -0.2) is 19.4 Å². The second-order valence-corrected chi connectivity index (χ2v) is 5.53. The normalized spacial score (nSPS) is 11.3. The van der Waals surface area contributed by atoms with Gasteiger partial charge in [-0.2, -0.15) is 4.98 Å². The average molecular weight is 310 g/mol. The molecule has 0 fully saturated rings. The Morgan fingerprint density at radius 3 is 3.05 bits per heavy atom. The van der Waals surface area contributed by atoms with E-state index in [1.54, 1.807) is 30.6 Å². The van der Waals surface area contributed by atoms with Gasteiger partial charge in [-0.3, -0.25) is 9.20 Å². The van der Waals surface area contributed by atoms with Gasteiger partial charge < -0.3 is 4.42 Å². The predicted octanol–water partition coefficient (Wildman–Crippen LogP) is 2.52. The Bertz CT molecular complexity index is 992. The van der Waals surface area contributed by atoms with Crippen LogP contribution >= 0.6 is 11.8 Å². The third-order valence-corrected chi connectivity index (χ3v) is 3.97. The number of oxazole rings is 1. The molecule has 0 atom stereocenters. The van der Waals surface area contributed by atoms with Gasteiger partial charge in [0.1, 0.15) is 5.65 Å². The molecule has 108 valence electrons. The lowest BCUT2D eigenvalue weighted by molar-refractivity contribution is 0.489. The molecule has 0 aromatic carbocycles. The summed E-state index contributed by atoms with van der Waals surface area (Å²) in [5.41, 5.74) is 2.45. The van der Waals surface area contributed by atoms with Gasteiger partial charge in [-0.15, -0.1) is 0 Å². The third kappa shape index (κ3) is 2.35. The van der Waals surface area contributed by atoms with Gasteiger partial charge in [-0.05, 0) is 24.3 Å². The molecule has 0 aliphatic carbocycles. The fourth-order valence-corrected chi connectivity index (χ4v) is 2.84. The summed E-state index contributed by atoms with van der Waals surface area (Å²) < 4.78 is 7.10. The largest absolute Gasteiger partial charge is 0.430 e. The number of nitrogens with zero attached hydrogens (tertiary/aromatic N) is 4. The van der Waals surface area contributed by atoms with Crippen LogP contribution in [0.5, 0.6) is 0 Å². The molecule has 0 bridgehead atoms. The van der Waals surface area contributed by atoms with E-state index in [0.29, 0.717) is 33.5 Å². The van der Waals surface area contributed by atoms with E-state index in [1.807, 2.05) is 12.1 Å². The minimum Gasteiger partial charge on any atom is -0.430 e. The summed E-state index contributed by atoms with van der Waals surface area (Å²) in [4.78, 5) is 24.9. The van der Waals surface area contributed by atoms with E-state index in [-0.39, 0.29) is 5.56 Å². The van der Waals surface area contributed by atoms with Gasteiger partial charge in [0.15, 0.2) is 11.2 Å². The van der Waals surface area contributed by atoms with Crippen LogP contribution in [-0.2, 0) is 5.75 Å². The molecule has 0 saturated carbocycles. The SMILES string of the molecule is O=c1cc(CSc2nc3ncccc3o2)nc2ccccn12. The van der Waals surface area contributed by atoms with Gasteiger partial charge >= 0.3 is 0 Å². The van der Waals surface area contributed by atoms with E-state index in [1.165, 1.54) is 22.2 Å². The van der Waals surface area contributed by atoms with E-state index in [2.05, 4.69) is 15.0 Å². The first-order valence-electron chi connectivity index (χ1n) is 6.61. The minimum atomic E-state index is -0.0968. The van der Waals surface area contributed by atoms with Gasteiger partial charge in [0, 0.05) is 24.2 Å². The molecule has 0 unspecified atom stereocenters. The number of rotatable bonds is 3. The maximum Gasteiger partial charge on any atom is 0.258 e. The zero-order valence-corrected chi connectivity index (χ0v) is 12.2. The molecule has 0 amide bonds. The molecule has 0 spiro atoms. The van der Waals surface area contributed by atoms with Crippen molar-refractivity contribution in [3.63, 3.8) is 0 Å². The van der Waals surface area contributed by atoms with Crippen LogP contribution in [0.15, 0.2) is 63.2 Å². The van der Waals surface area contributed by atoms with Gasteiger partial charge in [-0.25, -0.2) is 9.97 Å². The summed E-state index contributed by atoms with van der Waals surface area (Å²) in [6.07, 6.45) is 3.37. The van der Waals surface area contributed by atoms with Gasteiger partial charge in [-0.1, -0.05) is 17.8 Å². The highest BCUT2D eigenvalue weighted by Gasteiger charge is 2.08. The van der Waals surface area contributed by atoms with Crippen molar-refractivity contribution in [3.8, 4) is 0 Å². The second-order valence-electron chi connectivity index (χ2n) is 4.61. The first-order chi connectivity index (χ1) is 10.8. The van der Waals surface area contributed by atoms with Crippen molar-refractivity contribution in [3.05, 3.63) is 64.8 Å². The van der Waals surface area contributed by atoms with Crippen molar-refractivity contribution in [1.82, 2.24) is 19.4 Å². The number of pyridine rings is 2. The van der Waals surface area contributed by atoms with Crippen LogP contribution in [0.1, 0.15) is 5.69 Å². The Labute approximate surface area is 128 Å². The zero-order valence-electron chi connectivity index (χ0n) is 11.3. The fourth-order valence-electron chi connectivity index (χ4n) is 2.12. The van der Waals surface area contributed by atoms with E-state index in [4.69, 9.17) is 4.42 Å². The number of hydrogen-bond donors (Lipinski definition) is 0. The molecule has 22 heavy (non-hydrogen) atoms. The Balaban J connectivity index is 1.62. The van der Waals surface area contributed by atoms with E-state index < -0.39 is 0 Å². The van der Waals surface area contributed by atoms with Crippen LogP contribution in [0.4, 0.5) is 0 Å². The van der Waals surface area contributed by atoms with Crippen molar-refractivity contribution >= 4 is 28.6 Å². The lowest BCUT2D eigenvalue weighted by atomic mass is 10.4. The zero-order chi connectivity index (χ0) is 14.9. The Kier molecular flexibility index (Phi) is 3.12. The summed E-state index contributed by atoms with van der Waals surface area (Å²) in [6.45, 7) is 0. The second kappa shape index (κ2) is 5.27. The summed E-state index contributed by atoms with van der Waals surface area (Å²) in [6, 6.07) is 10.6. The smallest absolute Gasteiger partial charge is 0.258 e. The van der Waals surface area contributed by atoms with E-state index in [9.17, 15) is 4.79 Å². The van der Waals surface area contributed by atoms with Crippen LogP contribution in [0.3, 0.4) is 0 Å². The molecule has 6 nitrogen and oxygen atoms in total. The Morgan fingerprint density at radius 1 is 1.18 bits per heavy atom. The molecule has 0 radical (unpaired) electrons. The fraction of sp³-hybridized carbons (Fsp3) is 0.0667. The van der Waals surface area contributed by atoms with Crippen molar-refractivity contribution < 1.29 is 4.42 Å². The third-order valence-electron chi connectivity index (χ3n) is 3.11. The Morgan fingerprint density at radius 2 is 2.14 bits per heavy atom. The number of hydrogen-bond acceptors (Lipinski definition) is 6. The average Bonchev–Trinajstić information content (AvgIpc) is 2.96. The highest BCUT2D eigenvalue weighted by molar-refractivity contribution is 7.98. The van der Waals surface area contributed by atoms with Crippen LogP contribution in [0, 0.1) is 0 Å². The topological polar surface area (TPSA) is 73.3 Å². The minimum absolute atomic E-state index is 0.0968. The number of aromatic nitrogens is 4.